The fraction of sp³-hybridized carbons (Fsp3) is 0.118. The van der Waals surface area contributed by atoms with Crippen molar-refractivity contribution in [2.75, 3.05) is 7.11 Å². The molecule has 0 atom stereocenters. The number of rotatable bonds is 3. The number of methoxy groups -OCH3 is 1. The van der Waals surface area contributed by atoms with Gasteiger partial charge in [-0.15, -0.1) is 0 Å². The van der Waals surface area contributed by atoms with Gasteiger partial charge in [0, 0.05) is 29.8 Å². The molecule has 0 N–H and O–H groups in total. The van der Waals surface area contributed by atoms with Crippen LogP contribution < -0.4 is 4.74 Å². The van der Waals surface area contributed by atoms with Gasteiger partial charge in [0.2, 0.25) is 0 Å². The van der Waals surface area contributed by atoms with E-state index < -0.39 is 11.6 Å². The van der Waals surface area contributed by atoms with Gasteiger partial charge in [0.1, 0.15) is 17.4 Å². The highest BCUT2D eigenvalue weighted by atomic mass is 35.5. The van der Waals surface area contributed by atoms with Crippen molar-refractivity contribution in [2.45, 2.75) is 0 Å². The Morgan fingerprint density at radius 2 is 1.71 bits per heavy atom. The molecule has 24 heavy (non-hydrogen) atoms. The third-order valence-corrected chi connectivity index (χ3v) is 4.13. The molecular weight excluding hydrogens is 357 g/mol. The zero-order valence-corrected chi connectivity index (χ0v) is 14.3. The quantitative estimate of drug-likeness (QED) is 0.623. The second-order valence-corrected chi connectivity index (χ2v) is 5.90. The van der Waals surface area contributed by atoms with Crippen LogP contribution in [0, 0.1) is 11.6 Å². The van der Waals surface area contributed by atoms with E-state index in [1.165, 1.54) is 11.8 Å². The highest BCUT2D eigenvalue weighted by molar-refractivity contribution is 6.33. The minimum absolute atomic E-state index is 0.0395. The zero-order chi connectivity index (χ0) is 17.4. The van der Waals surface area contributed by atoms with E-state index >= 15 is 0 Å². The molecule has 1 aromatic heterocycles. The molecule has 0 aliphatic heterocycles. The number of aryl methyl sites for hydroxylation is 1. The van der Waals surface area contributed by atoms with Crippen LogP contribution in [-0.4, -0.2) is 16.9 Å². The lowest BCUT2D eigenvalue weighted by molar-refractivity contribution is 0.409. The smallest absolute Gasteiger partial charge is 0.159 e. The van der Waals surface area contributed by atoms with E-state index in [1.807, 2.05) is 0 Å². The molecule has 0 saturated carbocycles. The Bertz CT molecular complexity index is 908. The van der Waals surface area contributed by atoms with E-state index in [9.17, 15) is 8.78 Å². The van der Waals surface area contributed by atoms with Gasteiger partial charge in [-0.2, -0.15) is 5.10 Å². The topological polar surface area (TPSA) is 27.1 Å². The van der Waals surface area contributed by atoms with Crippen molar-refractivity contribution in [3.8, 4) is 28.1 Å². The molecule has 0 aliphatic rings. The number of aromatic nitrogens is 2. The summed E-state index contributed by atoms with van der Waals surface area (Å²) in [5.41, 5.74) is 1.69. The first-order valence-corrected chi connectivity index (χ1v) is 7.69. The molecule has 3 aromatic rings. The van der Waals surface area contributed by atoms with Crippen LogP contribution in [0.5, 0.6) is 5.75 Å². The summed E-state index contributed by atoms with van der Waals surface area (Å²) in [5, 5.41) is 4.82. The Morgan fingerprint density at radius 3 is 2.33 bits per heavy atom. The number of benzene rings is 2. The van der Waals surface area contributed by atoms with Crippen molar-refractivity contribution in [1.29, 1.82) is 0 Å². The molecule has 3 rings (SSSR count). The molecular formula is C17H12Cl2F2N2O. The summed E-state index contributed by atoms with van der Waals surface area (Å²) >= 11 is 12.2. The summed E-state index contributed by atoms with van der Waals surface area (Å²) in [4.78, 5) is 0. The number of ether oxygens (including phenoxy) is 1. The molecule has 2 aromatic carbocycles. The molecule has 3 nitrogen and oxygen atoms in total. The second-order valence-electron chi connectivity index (χ2n) is 5.11. The van der Waals surface area contributed by atoms with E-state index in [0.29, 0.717) is 16.3 Å². The lowest BCUT2D eigenvalue weighted by atomic mass is 10.00. The van der Waals surface area contributed by atoms with Crippen molar-refractivity contribution in [3.05, 3.63) is 58.2 Å². The Balaban J connectivity index is 2.33. The Hall–Kier alpha value is -2.11. The normalized spacial score (nSPS) is 10.9. The SMILES string of the molecule is COc1cc(F)cc(F)c1-c1c(Cl)nn(C)c1-c1ccc(Cl)cc1. The van der Waals surface area contributed by atoms with Crippen LogP contribution in [0.4, 0.5) is 8.78 Å². The molecule has 0 unspecified atom stereocenters. The minimum Gasteiger partial charge on any atom is -0.496 e. The number of hydrogen-bond donors (Lipinski definition) is 0. The summed E-state index contributed by atoms with van der Waals surface area (Å²) in [6.45, 7) is 0. The highest BCUT2D eigenvalue weighted by Gasteiger charge is 2.25. The van der Waals surface area contributed by atoms with Crippen LogP contribution in [0.15, 0.2) is 36.4 Å². The monoisotopic (exact) mass is 368 g/mol. The summed E-state index contributed by atoms with van der Waals surface area (Å²) in [6, 6.07) is 8.85. The van der Waals surface area contributed by atoms with Crippen molar-refractivity contribution in [3.63, 3.8) is 0 Å². The third-order valence-electron chi connectivity index (χ3n) is 3.61. The lowest BCUT2D eigenvalue weighted by Gasteiger charge is -2.12. The average Bonchev–Trinajstić information content (AvgIpc) is 2.81. The first-order valence-electron chi connectivity index (χ1n) is 6.94. The summed E-state index contributed by atoms with van der Waals surface area (Å²) in [6.07, 6.45) is 0. The third kappa shape index (κ3) is 2.85. The van der Waals surface area contributed by atoms with Crippen LogP contribution >= 0.6 is 23.2 Å². The molecule has 0 radical (unpaired) electrons. The van der Waals surface area contributed by atoms with Crippen LogP contribution in [0.2, 0.25) is 10.2 Å². The Labute approximate surface area is 147 Å². The van der Waals surface area contributed by atoms with Gasteiger partial charge in [-0.3, -0.25) is 4.68 Å². The van der Waals surface area contributed by atoms with Gasteiger partial charge < -0.3 is 4.74 Å². The summed E-state index contributed by atoms with van der Waals surface area (Å²) in [7, 11) is 3.02. The molecule has 7 heteroatoms. The second kappa shape index (κ2) is 6.42. The van der Waals surface area contributed by atoms with Gasteiger partial charge in [-0.25, -0.2) is 8.78 Å². The van der Waals surface area contributed by atoms with E-state index in [1.54, 1.807) is 31.3 Å². The molecule has 0 bridgehead atoms. The number of halogens is 4. The van der Waals surface area contributed by atoms with Crippen LogP contribution in [0.25, 0.3) is 22.4 Å². The average molecular weight is 369 g/mol. The highest BCUT2D eigenvalue weighted by Crippen LogP contribution is 2.43. The fourth-order valence-corrected chi connectivity index (χ4v) is 3.03. The maximum absolute atomic E-state index is 14.5. The van der Waals surface area contributed by atoms with Crippen LogP contribution in [0.1, 0.15) is 0 Å². The largest absolute Gasteiger partial charge is 0.496 e. The zero-order valence-electron chi connectivity index (χ0n) is 12.8. The molecule has 0 spiro atoms. The maximum atomic E-state index is 14.5. The Morgan fingerprint density at radius 1 is 1.04 bits per heavy atom. The number of hydrogen-bond acceptors (Lipinski definition) is 2. The molecule has 0 aliphatic carbocycles. The van der Waals surface area contributed by atoms with Crippen molar-refractivity contribution < 1.29 is 13.5 Å². The van der Waals surface area contributed by atoms with Crippen molar-refractivity contribution in [1.82, 2.24) is 9.78 Å². The van der Waals surface area contributed by atoms with Gasteiger partial charge >= 0.3 is 0 Å². The first kappa shape index (κ1) is 16.7. The van der Waals surface area contributed by atoms with Gasteiger partial charge in [0.25, 0.3) is 0 Å². The molecule has 0 fully saturated rings. The van der Waals surface area contributed by atoms with E-state index in [4.69, 9.17) is 27.9 Å². The van der Waals surface area contributed by atoms with Gasteiger partial charge in [-0.1, -0.05) is 35.3 Å². The standard InChI is InChI=1S/C17H12Cl2F2N2O/c1-23-16(9-3-5-10(18)6-4-9)15(17(19)22-23)14-12(21)7-11(20)8-13(14)24-2/h3-8H,1-2H3. The predicted octanol–water partition coefficient (Wildman–Crippen LogP) is 5.35. The van der Waals surface area contributed by atoms with E-state index in [-0.39, 0.29) is 16.5 Å². The fourth-order valence-electron chi connectivity index (χ4n) is 2.61. The van der Waals surface area contributed by atoms with Gasteiger partial charge in [-0.05, 0) is 12.1 Å². The predicted molar refractivity (Wildman–Crippen MR) is 90.6 cm³/mol. The maximum Gasteiger partial charge on any atom is 0.159 e. The van der Waals surface area contributed by atoms with E-state index in [2.05, 4.69) is 5.10 Å². The lowest BCUT2D eigenvalue weighted by Crippen LogP contribution is -1.97. The van der Waals surface area contributed by atoms with E-state index in [0.717, 1.165) is 17.7 Å². The van der Waals surface area contributed by atoms with Gasteiger partial charge in [0.15, 0.2) is 5.15 Å². The van der Waals surface area contributed by atoms with Crippen LogP contribution in [0.3, 0.4) is 0 Å². The summed E-state index contributed by atoms with van der Waals surface area (Å²) in [5.74, 6) is -1.48. The minimum atomic E-state index is -0.781. The van der Waals surface area contributed by atoms with Crippen molar-refractivity contribution >= 4 is 23.2 Å². The van der Waals surface area contributed by atoms with Crippen LogP contribution in [-0.2, 0) is 7.05 Å². The molecule has 0 saturated heterocycles. The molecule has 124 valence electrons. The Kier molecular flexibility index (Phi) is 4.47. The van der Waals surface area contributed by atoms with Gasteiger partial charge in [0.05, 0.1) is 23.9 Å². The molecule has 1 heterocycles. The number of nitrogens with zero attached hydrogens (tertiary/aromatic N) is 2. The molecule has 0 amide bonds. The summed E-state index contributed by atoms with van der Waals surface area (Å²) < 4.78 is 34.7. The van der Waals surface area contributed by atoms with Crippen molar-refractivity contribution in [2.24, 2.45) is 7.05 Å². The first-order chi connectivity index (χ1) is 11.4.